The third-order valence-electron chi connectivity index (χ3n) is 2.24. The van der Waals surface area contributed by atoms with Crippen molar-refractivity contribution in [2.75, 3.05) is 0 Å². The van der Waals surface area contributed by atoms with Crippen LogP contribution < -0.4 is 0 Å². The van der Waals surface area contributed by atoms with Gasteiger partial charge < -0.3 is 0 Å². The number of carbonyl (C=O) groups is 2. The molecule has 0 unspecified atom stereocenters. The average molecular weight is 178 g/mol. The summed E-state index contributed by atoms with van der Waals surface area (Å²) in [5, 5.41) is 0. The molecule has 0 atom stereocenters. The normalized spacial score (nSPS) is 10.2. The van der Waals surface area contributed by atoms with Gasteiger partial charge in [0.15, 0.2) is 0 Å². The average Bonchev–Trinajstić information content (AvgIpc) is 2.03. The Labute approximate surface area is 79.0 Å². The van der Waals surface area contributed by atoms with Crippen molar-refractivity contribution in [2.24, 2.45) is 5.41 Å². The lowest BCUT2D eigenvalue weighted by molar-refractivity contribution is -0.137. The first kappa shape index (κ1) is 11.6. The number of allylic oxidation sites excluding steroid dienone is 1. The van der Waals surface area contributed by atoms with Crippen LogP contribution in [0.1, 0.15) is 26.7 Å². The molecule has 0 amide bonds. The zero-order chi connectivity index (χ0) is 10.5. The van der Waals surface area contributed by atoms with Crippen molar-refractivity contribution in [3.8, 4) is 12.3 Å². The monoisotopic (exact) mass is 178 g/mol. The smallest absolute Gasteiger partial charge is 0.144 e. The van der Waals surface area contributed by atoms with Crippen LogP contribution in [0.4, 0.5) is 0 Å². The largest absolute Gasteiger partial charge is 0.299 e. The molecule has 0 spiro atoms. The SMILES string of the molecule is C#CCC(CC=C)(C(C)=O)C(C)=O. The van der Waals surface area contributed by atoms with Gasteiger partial charge in [-0.3, -0.25) is 9.59 Å². The van der Waals surface area contributed by atoms with Crippen molar-refractivity contribution in [3.63, 3.8) is 0 Å². The van der Waals surface area contributed by atoms with E-state index in [1.165, 1.54) is 13.8 Å². The fraction of sp³-hybridized carbons (Fsp3) is 0.455. The lowest BCUT2D eigenvalue weighted by Gasteiger charge is -2.24. The van der Waals surface area contributed by atoms with Gasteiger partial charge in [0.2, 0.25) is 0 Å². The molecule has 0 aliphatic carbocycles. The van der Waals surface area contributed by atoms with Gasteiger partial charge in [0.05, 0.1) is 0 Å². The molecule has 0 rings (SSSR count). The number of Topliss-reactive ketones (excluding diaryl/α,β-unsaturated/α-hetero) is 2. The van der Waals surface area contributed by atoms with E-state index >= 15 is 0 Å². The molecule has 13 heavy (non-hydrogen) atoms. The van der Waals surface area contributed by atoms with Crippen LogP contribution in [0.3, 0.4) is 0 Å². The quantitative estimate of drug-likeness (QED) is 0.365. The summed E-state index contributed by atoms with van der Waals surface area (Å²) in [5.74, 6) is 2.00. The summed E-state index contributed by atoms with van der Waals surface area (Å²) < 4.78 is 0. The Morgan fingerprint density at radius 1 is 1.46 bits per heavy atom. The molecule has 0 heterocycles. The first-order valence-corrected chi connectivity index (χ1v) is 4.07. The summed E-state index contributed by atoms with van der Waals surface area (Å²) in [6.07, 6.45) is 7.17. The Hall–Kier alpha value is -1.36. The molecule has 0 aliphatic heterocycles. The molecular weight excluding hydrogens is 164 g/mol. The number of ketones is 2. The predicted molar refractivity (Wildman–Crippen MR) is 52.1 cm³/mol. The highest BCUT2D eigenvalue weighted by Gasteiger charge is 2.38. The van der Waals surface area contributed by atoms with E-state index in [4.69, 9.17) is 6.42 Å². The van der Waals surface area contributed by atoms with Crippen LogP contribution in [-0.4, -0.2) is 11.6 Å². The topological polar surface area (TPSA) is 34.1 Å². The maximum atomic E-state index is 11.3. The highest BCUT2D eigenvalue weighted by molar-refractivity contribution is 6.05. The summed E-state index contributed by atoms with van der Waals surface area (Å²) in [6.45, 7) is 6.30. The van der Waals surface area contributed by atoms with Crippen LogP contribution in [0.25, 0.3) is 0 Å². The molecule has 0 radical (unpaired) electrons. The van der Waals surface area contributed by atoms with E-state index in [9.17, 15) is 9.59 Å². The molecular formula is C11H14O2. The second-order valence-corrected chi connectivity index (χ2v) is 3.07. The van der Waals surface area contributed by atoms with Crippen LogP contribution in [-0.2, 0) is 9.59 Å². The van der Waals surface area contributed by atoms with Crippen LogP contribution in [0, 0.1) is 17.8 Å². The van der Waals surface area contributed by atoms with E-state index in [-0.39, 0.29) is 18.0 Å². The number of rotatable bonds is 5. The minimum Gasteiger partial charge on any atom is -0.299 e. The minimum absolute atomic E-state index is 0.156. The van der Waals surface area contributed by atoms with Crippen molar-refractivity contribution in [2.45, 2.75) is 26.7 Å². The summed E-state index contributed by atoms with van der Waals surface area (Å²) in [6, 6.07) is 0. The third kappa shape index (κ3) is 2.29. The number of hydrogen-bond acceptors (Lipinski definition) is 2. The highest BCUT2D eigenvalue weighted by atomic mass is 16.2. The lowest BCUT2D eigenvalue weighted by Crippen LogP contribution is -2.35. The van der Waals surface area contributed by atoms with Gasteiger partial charge in [-0.15, -0.1) is 18.9 Å². The molecule has 0 bridgehead atoms. The second-order valence-electron chi connectivity index (χ2n) is 3.07. The molecule has 2 heteroatoms. The molecule has 0 fully saturated rings. The van der Waals surface area contributed by atoms with Gasteiger partial charge in [0.25, 0.3) is 0 Å². The molecule has 0 aromatic rings. The Balaban J connectivity index is 5.05. The van der Waals surface area contributed by atoms with E-state index < -0.39 is 5.41 Å². The molecule has 0 N–H and O–H groups in total. The predicted octanol–water partition coefficient (Wildman–Crippen LogP) is 1.75. The van der Waals surface area contributed by atoms with Crippen molar-refractivity contribution < 1.29 is 9.59 Å². The first-order valence-electron chi connectivity index (χ1n) is 4.07. The lowest BCUT2D eigenvalue weighted by atomic mass is 9.75. The van der Waals surface area contributed by atoms with E-state index in [1.54, 1.807) is 6.08 Å². The van der Waals surface area contributed by atoms with E-state index in [0.717, 1.165) is 0 Å². The Bertz CT molecular complexity index is 254. The summed E-state index contributed by atoms with van der Waals surface area (Å²) >= 11 is 0. The Morgan fingerprint density at radius 3 is 2.15 bits per heavy atom. The molecule has 0 saturated carbocycles. The zero-order valence-electron chi connectivity index (χ0n) is 8.09. The van der Waals surface area contributed by atoms with Gasteiger partial charge in [0, 0.05) is 6.42 Å². The standard InChI is InChI=1S/C11H14O2/c1-5-7-11(8-6-2,9(3)12)10(4)13/h1,6H,2,7-8H2,3-4H3. The van der Waals surface area contributed by atoms with Crippen molar-refractivity contribution in [1.29, 1.82) is 0 Å². The van der Waals surface area contributed by atoms with Gasteiger partial charge >= 0.3 is 0 Å². The zero-order valence-corrected chi connectivity index (χ0v) is 8.09. The van der Waals surface area contributed by atoms with E-state index in [2.05, 4.69) is 12.5 Å². The summed E-state index contributed by atoms with van der Waals surface area (Å²) in [5.41, 5.74) is -1.03. The Morgan fingerprint density at radius 2 is 1.92 bits per heavy atom. The van der Waals surface area contributed by atoms with Crippen molar-refractivity contribution in [3.05, 3.63) is 12.7 Å². The second kappa shape index (κ2) is 4.61. The van der Waals surface area contributed by atoms with Crippen LogP contribution in [0.15, 0.2) is 12.7 Å². The summed E-state index contributed by atoms with van der Waals surface area (Å²) in [7, 11) is 0. The van der Waals surface area contributed by atoms with Crippen LogP contribution in [0.5, 0.6) is 0 Å². The van der Waals surface area contributed by atoms with Crippen molar-refractivity contribution >= 4 is 11.6 Å². The molecule has 2 nitrogen and oxygen atoms in total. The van der Waals surface area contributed by atoms with Gasteiger partial charge in [-0.25, -0.2) is 0 Å². The molecule has 0 aliphatic rings. The minimum atomic E-state index is -1.03. The van der Waals surface area contributed by atoms with E-state index in [0.29, 0.717) is 6.42 Å². The molecule has 0 saturated heterocycles. The summed E-state index contributed by atoms with van der Waals surface area (Å²) in [4.78, 5) is 22.6. The maximum Gasteiger partial charge on any atom is 0.144 e. The van der Waals surface area contributed by atoms with Gasteiger partial charge in [-0.05, 0) is 20.3 Å². The fourth-order valence-corrected chi connectivity index (χ4v) is 1.28. The third-order valence-corrected chi connectivity index (χ3v) is 2.24. The van der Waals surface area contributed by atoms with Gasteiger partial charge in [-0.1, -0.05) is 6.08 Å². The number of terminal acetylenes is 1. The molecule has 0 aromatic carbocycles. The molecule has 0 aromatic heterocycles. The van der Waals surface area contributed by atoms with Crippen LogP contribution >= 0.6 is 0 Å². The van der Waals surface area contributed by atoms with Crippen molar-refractivity contribution in [1.82, 2.24) is 0 Å². The Kier molecular flexibility index (Phi) is 4.13. The first-order chi connectivity index (χ1) is 6.01. The van der Waals surface area contributed by atoms with Gasteiger partial charge in [-0.2, -0.15) is 0 Å². The maximum absolute atomic E-state index is 11.3. The highest BCUT2D eigenvalue weighted by Crippen LogP contribution is 2.29. The van der Waals surface area contributed by atoms with Crippen LogP contribution in [0.2, 0.25) is 0 Å². The number of carbonyl (C=O) groups excluding carboxylic acids is 2. The molecule has 70 valence electrons. The fourth-order valence-electron chi connectivity index (χ4n) is 1.28. The van der Waals surface area contributed by atoms with E-state index in [1.807, 2.05) is 0 Å². The number of hydrogen-bond donors (Lipinski definition) is 0. The van der Waals surface area contributed by atoms with Gasteiger partial charge in [0.1, 0.15) is 17.0 Å².